The van der Waals surface area contributed by atoms with Crippen molar-refractivity contribution in [3.05, 3.63) is 41.5 Å². The molecule has 27 heavy (non-hydrogen) atoms. The van der Waals surface area contributed by atoms with Gasteiger partial charge >= 0.3 is 0 Å². The largest absolute Gasteiger partial charge is 0.493 e. The van der Waals surface area contributed by atoms with Crippen LogP contribution < -0.4 is 0 Å². The van der Waals surface area contributed by atoms with Crippen LogP contribution in [0, 0.1) is 0 Å². The molecule has 0 aromatic heterocycles. The minimum absolute atomic E-state index is 0.429. The van der Waals surface area contributed by atoms with E-state index in [2.05, 4.69) is 78.1 Å². The number of rotatable bonds is 14. The standard InChI is InChI=1S/C22H31Br3O2/c23-15-7-1-3-9-17-26-21-13-14-22(25,20-12-6-5-11-19(20)21)27-18-10-4-2-8-16-24/h5-6,11-13H,1-4,7-10,14-18H2. The molecule has 0 amide bonds. The molecule has 5 heteroatoms. The van der Waals surface area contributed by atoms with Crippen molar-refractivity contribution in [3.63, 3.8) is 0 Å². The van der Waals surface area contributed by atoms with Crippen LogP contribution in [0.2, 0.25) is 0 Å². The van der Waals surface area contributed by atoms with Crippen molar-refractivity contribution in [1.82, 2.24) is 0 Å². The Bertz CT molecular complexity index is 576. The SMILES string of the molecule is BrCCCCCCOC1=CCC(Br)(OCCCCCCBr)c2ccccc21. The fraction of sp³-hybridized carbons (Fsp3) is 0.636. The van der Waals surface area contributed by atoms with Crippen LogP contribution in [-0.2, 0) is 14.0 Å². The van der Waals surface area contributed by atoms with E-state index < -0.39 is 4.51 Å². The highest BCUT2D eigenvalue weighted by molar-refractivity contribution is 9.09. The topological polar surface area (TPSA) is 18.5 Å². The van der Waals surface area contributed by atoms with Crippen LogP contribution in [0.15, 0.2) is 30.3 Å². The van der Waals surface area contributed by atoms with Gasteiger partial charge in [0.25, 0.3) is 0 Å². The van der Waals surface area contributed by atoms with E-state index in [0.717, 1.165) is 54.5 Å². The van der Waals surface area contributed by atoms with E-state index in [9.17, 15) is 0 Å². The molecular formula is C22H31Br3O2. The van der Waals surface area contributed by atoms with E-state index in [0.29, 0.717) is 0 Å². The summed E-state index contributed by atoms with van der Waals surface area (Å²) in [5.74, 6) is 1.00. The Morgan fingerprint density at radius 3 is 2.15 bits per heavy atom. The predicted molar refractivity (Wildman–Crippen MR) is 126 cm³/mol. The quantitative estimate of drug-likeness (QED) is 0.168. The zero-order valence-corrected chi connectivity index (χ0v) is 20.8. The summed E-state index contributed by atoms with van der Waals surface area (Å²) in [7, 11) is 0. The molecule has 152 valence electrons. The van der Waals surface area contributed by atoms with Gasteiger partial charge in [0.05, 0.1) is 6.61 Å². The number of alkyl halides is 3. The second kappa shape index (κ2) is 13.4. The summed E-state index contributed by atoms with van der Waals surface area (Å²) in [6.07, 6.45) is 12.6. The summed E-state index contributed by atoms with van der Waals surface area (Å²) < 4.78 is 12.0. The van der Waals surface area contributed by atoms with Crippen LogP contribution in [0.1, 0.15) is 68.9 Å². The first kappa shape index (κ1) is 23.4. The minimum Gasteiger partial charge on any atom is -0.493 e. The van der Waals surface area contributed by atoms with E-state index in [4.69, 9.17) is 9.47 Å². The van der Waals surface area contributed by atoms with Crippen LogP contribution in [0.3, 0.4) is 0 Å². The molecular weight excluding hydrogens is 536 g/mol. The number of ether oxygens (including phenoxy) is 2. The van der Waals surface area contributed by atoms with Crippen LogP contribution in [-0.4, -0.2) is 23.9 Å². The third-order valence-corrected chi connectivity index (χ3v) is 6.89. The van der Waals surface area contributed by atoms with Crippen LogP contribution >= 0.6 is 47.8 Å². The molecule has 0 heterocycles. The van der Waals surface area contributed by atoms with Crippen molar-refractivity contribution < 1.29 is 9.47 Å². The second-order valence-corrected chi connectivity index (χ2v) is 9.82. The van der Waals surface area contributed by atoms with Gasteiger partial charge in [-0.05, 0) is 47.7 Å². The molecule has 1 unspecified atom stereocenters. The molecule has 0 bridgehead atoms. The molecule has 0 fully saturated rings. The molecule has 2 nitrogen and oxygen atoms in total. The average Bonchev–Trinajstić information content (AvgIpc) is 2.69. The van der Waals surface area contributed by atoms with Crippen molar-refractivity contribution in [3.8, 4) is 0 Å². The van der Waals surface area contributed by atoms with Gasteiger partial charge in [-0.1, -0.05) is 81.8 Å². The number of halogens is 3. The van der Waals surface area contributed by atoms with E-state index in [-0.39, 0.29) is 0 Å². The van der Waals surface area contributed by atoms with Gasteiger partial charge in [-0.2, -0.15) is 0 Å². The average molecular weight is 567 g/mol. The zero-order valence-electron chi connectivity index (χ0n) is 16.0. The molecule has 1 atom stereocenters. The van der Waals surface area contributed by atoms with Gasteiger partial charge in [0.2, 0.25) is 0 Å². The third-order valence-electron chi connectivity index (χ3n) is 4.79. The summed E-state index contributed by atoms with van der Waals surface area (Å²) in [6, 6.07) is 8.45. The maximum atomic E-state index is 6.30. The fourth-order valence-corrected chi connectivity index (χ4v) is 4.72. The molecule has 0 saturated heterocycles. The summed E-state index contributed by atoms with van der Waals surface area (Å²) in [5.41, 5.74) is 2.34. The van der Waals surface area contributed by atoms with Crippen molar-refractivity contribution in [2.45, 2.75) is 62.3 Å². The summed E-state index contributed by atoms with van der Waals surface area (Å²) in [6.45, 7) is 1.56. The Balaban J connectivity index is 1.87. The molecule has 0 spiro atoms. The number of hydrogen-bond donors (Lipinski definition) is 0. The van der Waals surface area contributed by atoms with Gasteiger partial charge in [-0.15, -0.1) is 0 Å². The first-order valence-electron chi connectivity index (χ1n) is 10.1. The number of unbranched alkanes of at least 4 members (excludes halogenated alkanes) is 6. The molecule has 2 rings (SSSR count). The van der Waals surface area contributed by atoms with Gasteiger partial charge in [0.1, 0.15) is 5.76 Å². The van der Waals surface area contributed by atoms with Gasteiger partial charge in [0.15, 0.2) is 4.51 Å². The highest BCUT2D eigenvalue weighted by atomic mass is 79.9. The Kier molecular flexibility index (Phi) is 11.6. The lowest BCUT2D eigenvalue weighted by atomic mass is 9.93. The van der Waals surface area contributed by atoms with Crippen LogP contribution in [0.5, 0.6) is 0 Å². The Morgan fingerprint density at radius 1 is 0.815 bits per heavy atom. The van der Waals surface area contributed by atoms with Crippen LogP contribution in [0.25, 0.3) is 5.76 Å². The first-order valence-corrected chi connectivity index (χ1v) is 13.1. The summed E-state index contributed by atoms with van der Waals surface area (Å²) >= 11 is 10.9. The highest BCUT2D eigenvalue weighted by Crippen LogP contribution is 2.45. The van der Waals surface area contributed by atoms with Crippen molar-refractivity contribution >= 4 is 53.5 Å². The monoisotopic (exact) mass is 564 g/mol. The number of fused-ring (bicyclic) bond motifs is 1. The smallest absolute Gasteiger partial charge is 0.152 e. The van der Waals surface area contributed by atoms with Gasteiger partial charge in [0, 0.05) is 34.8 Å². The summed E-state index contributed by atoms with van der Waals surface area (Å²) in [4.78, 5) is 0. The second-order valence-electron chi connectivity index (χ2n) is 6.95. The third kappa shape index (κ3) is 7.83. The van der Waals surface area contributed by atoms with Crippen molar-refractivity contribution in [2.24, 2.45) is 0 Å². The maximum Gasteiger partial charge on any atom is 0.152 e. The predicted octanol–water partition coefficient (Wildman–Crippen LogP) is 7.92. The fourth-order valence-electron chi connectivity index (χ4n) is 3.26. The van der Waals surface area contributed by atoms with Crippen LogP contribution in [0.4, 0.5) is 0 Å². The molecule has 1 aromatic carbocycles. The summed E-state index contributed by atoms with van der Waals surface area (Å²) in [5, 5.41) is 2.18. The number of hydrogen-bond acceptors (Lipinski definition) is 2. The molecule has 0 saturated carbocycles. The van der Waals surface area contributed by atoms with E-state index in [1.54, 1.807) is 0 Å². The molecule has 1 aromatic rings. The first-order chi connectivity index (χ1) is 13.2. The lowest BCUT2D eigenvalue weighted by molar-refractivity contribution is 0.0263. The lowest BCUT2D eigenvalue weighted by Crippen LogP contribution is -2.27. The van der Waals surface area contributed by atoms with Gasteiger partial charge in [-0.25, -0.2) is 0 Å². The number of benzene rings is 1. The Hall–Kier alpha value is 0.160. The maximum absolute atomic E-state index is 6.30. The van der Waals surface area contributed by atoms with E-state index in [1.807, 2.05) is 0 Å². The highest BCUT2D eigenvalue weighted by Gasteiger charge is 2.35. The molecule has 1 aliphatic rings. The van der Waals surface area contributed by atoms with Gasteiger partial charge in [-0.3, -0.25) is 0 Å². The molecule has 0 N–H and O–H groups in total. The molecule has 0 radical (unpaired) electrons. The Morgan fingerprint density at radius 2 is 1.44 bits per heavy atom. The molecule has 1 aliphatic carbocycles. The Labute approximate surface area is 189 Å². The van der Waals surface area contributed by atoms with Gasteiger partial charge < -0.3 is 9.47 Å². The van der Waals surface area contributed by atoms with Crippen molar-refractivity contribution in [2.75, 3.05) is 23.9 Å². The van der Waals surface area contributed by atoms with Crippen molar-refractivity contribution in [1.29, 1.82) is 0 Å². The van der Waals surface area contributed by atoms with E-state index >= 15 is 0 Å². The lowest BCUT2D eigenvalue weighted by Gasteiger charge is -2.33. The zero-order chi connectivity index (χ0) is 19.4. The molecule has 0 aliphatic heterocycles. The van der Waals surface area contributed by atoms with E-state index in [1.165, 1.54) is 44.1 Å². The minimum atomic E-state index is -0.429. The normalized spacial score (nSPS) is 18.9.